The van der Waals surface area contributed by atoms with E-state index in [2.05, 4.69) is 0 Å². The Morgan fingerprint density at radius 1 is 0.667 bits per heavy atom. The zero-order valence-corrected chi connectivity index (χ0v) is 16.3. The second-order valence-electron chi connectivity index (χ2n) is 6.67. The van der Waals surface area contributed by atoms with E-state index in [1.54, 1.807) is 33.3 Å². The lowest BCUT2D eigenvalue weighted by Crippen LogP contribution is -2.50. The summed E-state index contributed by atoms with van der Waals surface area (Å²) in [6.45, 7) is 0.0304. The van der Waals surface area contributed by atoms with Crippen molar-refractivity contribution >= 4 is 45.2 Å². The molecule has 0 saturated carbocycles. The van der Waals surface area contributed by atoms with Crippen molar-refractivity contribution in [3.05, 3.63) is 0 Å². The Hall–Kier alpha value is -0.430. The van der Waals surface area contributed by atoms with Gasteiger partial charge in [-0.3, -0.25) is 9.59 Å². The highest BCUT2D eigenvalue weighted by atomic mass is 33.1. The Morgan fingerprint density at radius 3 is 1.22 bits per heavy atom. The molecule has 3 rings (SSSR count). The molecule has 0 aromatic heterocycles. The number of halogens is 6. The highest BCUT2D eigenvalue weighted by molar-refractivity contribution is 8.83. The largest absolute Gasteiger partial charge is 0.471 e. The van der Waals surface area contributed by atoms with E-state index in [0.29, 0.717) is 25.7 Å². The van der Waals surface area contributed by atoms with Gasteiger partial charge in [0, 0.05) is 26.2 Å². The minimum atomic E-state index is -4.88. The summed E-state index contributed by atoms with van der Waals surface area (Å²) in [4.78, 5) is 24.3. The predicted octanol–water partition coefficient (Wildman–Crippen LogP) is 3.88. The number of alkyl halides is 6. The van der Waals surface area contributed by atoms with Crippen LogP contribution in [0.5, 0.6) is 0 Å². The van der Waals surface area contributed by atoms with Gasteiger partial charge in [-0.15, -0.1) is 11.8 Å². The molecule has 3 aliphatic heterocycles. The summed E-state index contributed by atoms with van der Waals surface area (Å²) >= 11 is 1.59. The molecule has 0 atom stereocenters. The van der Waals surface area contributed by atoms with Crippen molar-refractivity contribution in [3.8, 4) is 0 Å². The summed E-state index contributed by atoms with van der Waals surface area (Å²) in [5.41, 5.74) is 0. The molecule has 3 fully saturated rings. The minimum absolute atomic E-state index is 0.00761. The monoisotopic (exact) mass is 454 g/mol. The molecule has 2 amide bonds. The van der Waals surface area contributed by atoms with Gasteiger partial charge in [0.05, 0.1) is 8.16 Å². The van der Waals surface area contributed by atoms with E-state index < -0.39 is 24.2 Å². The normalized spacial score (nSPS) is 25.3. The van der Waals surface area contributed by atoms with Crippen LogP contribution in [-0.4, -0.2) is 68.3 Å². The van der Waals surface area contributed by atoms with Gasteiger partial charge in [-0.2, -0.15) is 26.3 Å². The van der Waals surface area contributed by atoms with Crippen LogP contribution < -0.4 is 0 Å². The molecule has 3 heterocycles. The fourth-order valence-electron chi connectivity index (χ4n) is 3.36. The van der Waals surface area contributed by atoms with Crippen LogP contribution >= 0.6 is 33.3 Å². The topological polar surface area (TPSA) is 40.6 Å². The molecule has 2 spiro atoms. The second-order valence-corrected chi connectivity index (χ2v) is 11.9. The molecule has 27 heavy (non-hydrogen) atoms. The van der Waals surface area contributed by atoms with E-state index in [9.17, 15) is 35.9 Å². The Labute approximate surface area is 163 Å². The van der Waals surface area contributed by atoms with Crippen LogP contribution in [0.3, 0.4) is 0 Å². The van der Waals surface area contributed by atoms with Crippen LogP contribution in [0, 0.1) is 0 Å². The third-order valence-corrected chi connectivity index (χ3v) is 11.7. The Bertz CT molecular complexity index is 559. The molecule has 0 N–H and O–H groups in total. The lowest BCUT2D eigenvalue weighted by atomic mass is 10.1. The molecule has 4 nitrogen and oxygen atoms in total. The third-order valence-electron chi connectivity index (χ3n) is 4.83. The second kappa shape index (κ2) is 7.12. The molecule has 3 aliphatic rings. The molecular weight excluding hydrogens is 438 g/mol. The maximum Gasteiger partial charge on any atom is 0.471 e. The van der Waals surface area contributed by atoms with Crippen molar-refractivity contribution in [3.63, 3.8) is 0 Å². The fraction of sp³-hybridized carbons (Fsp3) is 0.857. The van der Waals surface area contributed by atoms with E-state index in [1.165, 1.54) is 0 Å². The first-order valence-corrected chi connectivity index (χ1v) is 11.1. The SMILES string of the molecule is O=C(N1CCC2(CC1)SSC1(CCN(C(=O)C(F)(F)F)CC1)S2)C(F)(F)F. The molecule has 13 heteroatoms. The number of piperidine rings is 2. The minimum Gasteiger partial charge on any atom is -0.335 e. The number of amides is 2. The summed E-state index contributed by atoms with van der Waals surface area (Å²) in [7, 11) is 3.08. The van der Waals surface area contributed by atoms with Crippen LogP contribution in [0.15, 0.2) is 0 Å². The average Bonchev–Trinajstić information content (AvgIpc) is 2.91. The van der Waals surface area contributed by atoms with Crippen molar-refractivity contribution in [2.45, 2.75) is 46.2 Å². The zero-order valence-electron chi connectivity index (χ0n) is 13.9. The highest BCUT2D eigenvalue weighted by Crippen LogP contribution is 2.70. The van der Waals surface area contributed by atoms with Crippen molar-refractivity contribution in [1.29, 1.82) is 0 Å². The van der Waals surface area contributed by atoms with Crippen LogP contribution in [0.1, 0.15) is 25.7 Å². The number of hydrogen-bond acceptors (Lipinski definition) is 5. The smallest absolute Gasteiger partial charge is 0.335 e. The molecule has 0 unspecified atom stereocenters. The van der Waals surface area contributed by atoms with Crippen LogP contribution in [0.25, 0.3) is 0 Å². The van der Waals surface area contributed by atoms with Gasteiger partial charge in [-0.25, -0.2) is 0 Å². The van der Waals surface area contributed by atoms with E-state index in [1.807, 2.05) is 0 Å². The standard InChI is InChI=1S/C14H16F6N2O2S3/c15-13(16,17)9(23)21-5-1-11(2-6-21)25-12(27-26-11)3-7-22(8-4-12)10(24)14(18,19)20/h1-8H2. The maximum absolute atomic E-state index is 12.6. The van der Waals surface area contributed by atoms with Crippen LogP contribution in [0.2, 0.25) is 0 Å². The Kier molecular flexibility index (Phi) is 5.61. The first-order valence-electron chi connectivity index (χ1n) is 8.15. The van der Waals surface area contributed by atoms with Crippen molar-refractivity contribution in [1.82, 2.24) is 9.80 Å². The molecule has 0 aliphatic carbocycles. The Morgan fingerprint density at radius 2 is 0.963 bits per heavy atom. The number of carbonyl (C=O) groups excluding carboxylic acids is 2. The fourth-order valence-corrected chi connectivity index (χ4v) is 10.3. The van der Waals surface area contributed by atoms with Crippen LogP contribution in [0.4, 0.5) is 26.3 Å². The molecule has 154 valence electrons. The summed E-state index contributed by atoms with van der Waals surface area (Å²) in [5, 5.41) is 0. The highest BCUT2D eigenvalue weighted by Gasteiger charge is 2.55. The van der Waals surface area contributed by atoms with Gasteiger partial charge in [0.15, 0.2) is 0 Å². The first-order chi connectivity index (χ1) is 12.4. The molecular formula is C14H16F6N2O2S3. The number of likely N-dealkylation sites (tertiary alicyclic amines) is 2. The van der Waals surface area contributed by atoms with Crippen LogP contribution in [-0.2, 0) is 9.59 Å². The summed E-state index contributed by atoms with van der Waals surface area (Å²) in [6.07, 6.45) is -8.19. The van der Waals surface area contributed by atoms with E-state index in [-0.39, 0.29) is 34.3 Å². The van der Waals surface area contributed by atoms with Gasteiger partial charge in [-0.1, -0.05) is 21.6 Å². The van der Waals surface area contributed by atoms with Gasteiger partial charge in [0.25, 0.3) is 0 Å². The van der Waals surface area contributed by atoms with Crippen molar-refractivity contribution in [2.75, 3.05) is 26.2 Å². The van der Waals surface area contributed by atoms with Gasteiger partial charge < -0.3 is 9.80 Å². The molecule has 0 aromatic rings. The maximum atomic E-state index is 12.6. The number of hydrogen-bond donors (Lipinski definition) is 0. The van der Waals surface area contributed by atoms with Crippen molar-refractivity contribution < 1.29 is 35.9 Å². The number of nitrogens with zero attached hydrogens (tertiary/aromatic N) is 2. The van der Waals surface area contributed by atoms with E-state index >= 15 is 0 Å². The lowest BCUT2D eigenvalue weighted by Gasteiger charge is -2.41. The average molecular weight is 454 g/mol. The number of rotatable bonds is 0. The van der Waals surface area contributed by atoms with Crippen molar-refractivity contribution in [2.24, 2.45) is 0 Å². The van der Waals surface area contributed by atoms with Gasteiger partial charge in [0.1, 0.15) is 0 Å². The summed E-state index contributed by atoms with van der Waals surface area (Å²) in [5.74, 6) is -3.65. The molecule has 0 aromatic carbocycles. The predicted molar refractivity (Wildman–Crippen MR) is 92.0 cm³/mol. The number of carbonyl (C=O) groups is 2. The summed E-state index contributed by atoms with van der Waals surface area (Å²) in [6, 6.07) is 0. The molecule has 3 saturated heterocycles. The quantitative estimate of drug-likeness (QED) is 0.411. The number of thioether (sulfide) groups is 1. The summed E-state index contributed by atoms with van der Waals surface area (Å²) < 4.78 is 74.6. The van der Waals surface area contributed by atoms with Gasteiger partial charge in [0.2, 0.25) is 0 Å². The van der Waals surface area contributed by atoms with Gasteiger partial charge >= 0.3 is 24.2 Å². The lowest BCUT2D eigenvalue weighted by molar-refractivity contribution is -0.186. The van der Waals surface area contributed by atoms with E-state index in [4.69, 9.17) is 0 Å². The first kappa shape index (κ1) is 21.3. The third kappa shape index (κ3) is 4.44. The Balaban J connectivity index is 1.56. The molecule has 0 radical (unpaired) electrons. The van der Waals surface area contributed by atoms with E-state index in [0.717, 1.165) is 9.80 Å². The molecule has 0 bridgehead atoms. The zero-order chi connectivity index (χ0) is 20.1. The van der Waals surface area contributed by atoms with Gasteiger partial charge in [-0.05, 0) is 25.7 Å².